The number of aliphatic hydroxyl groups excluding tert-OH is 1. The van der Waals surface area contributed by atoms with Gasteiger partial charge in [-0.3, -0.25) is 4.90 Å². The van der Waals surface area contributed by atoms with E-state index in [1.807, 2.05) is 13.8 Å². The molecule has 1 N–H and O–H groups in total. The van der Waals surface area contributed by atoms with Crippen molar-refractivity contribution in [1.82, 2.24) is 24.5 Å². The fraction of sp³-hybridized carbons (Fsp3) is 0.643. The standard InChI is InChI=1S/C14H22N6O/c1-10-6-13(20-14(17-10)15-9-16-20)19-5-4-18(8-12(3)21)11(2)7-19/h6,9,11-12,21H,4-5,7-8H2,1-3H3. The van der Waals surface area contributed by atoms with Crippen molar-refractivity contribution < 1.29 is 5.11 Å². The third-order valence-electron chi connectivity index (χ3n) is 3.95. The van der Waals surface area contributed by atoms with Crippen molar-refractivity contribution in [2.75, 3.05) is 31.1 Å². The Bertz CT molecular complexity index is 625. The van der Waals surface area contributed by atoms with Gasteiger partial charge in [-0.05, 0) is 20.8 Å². The predicted molar refractivity (Wildman–Crippen MR) is 80.4 cm³/mol. The zero-order chi connectivity index (χ0) is 15.0. The van der Waals surface area contributed by atoms with Gasteiger partial charge < -0.3 is 10.0 Å². The number of β-amino-alcohol motifs (C(OH)–C–C–N with tert-alkyl or cyclic N) is 1. The number of hydrogen-bond acceptors (Lipinski definition) is 6. The molecule has 0 saturated carbocycles. The highest BCUT2D eigenvalue weighted by Gasteiger charge is 2.26. The van der Waals surface area contributed by atoms with Gasteiger partial charge in [-0.25, -0.2) is 4.98 Å². The normalized spacial score (nSPS) is 21.9. The molecule has 0 amide bonds. The Morgan fingerprint density at radius 3 is 2.95 bits per heavy atom. The van der Waals surface area contributed by atoms with Crippen LogP contribution in [-0.4, -0.2) is 67.9 Å². The summed E-state index contributed by atoms with van der Waals surface area (Å²) in [6, 6.07) is 2.44. The quantitative estimate of drug-likeness (QED) is 0.878. The van der Waals surface area contributed by atoms with Crippen molar-refractivity contribution in [2.24, 2.45) is 0 Å². The summed E-state index contributed by atoms with van der Waals surface area (Å²) in [5.41, 5.74) is 0.949. The van der Waals surface area contributed by atoms with E-state index in [9.17, 15) is 5.11 Å². The van der Waals surface area contributed by atoms with Crippen molar-refractivity contribution >= 4 is 11.6 Å². The number of hydrogen-bond donors (Lipinski definition) is 1. The summed E-state index contributed by atoms with van der Waals surface area (Å²) in [5, 5.41) is 13.8. The predicted octanol–water partition coefficient (Wildman–Crippen LogP) is 0.324. The molecule has 0 aromatic carbocycles. The molecule has 0 aliphatic carbocycles. The average Bonchev–Trinajstić information content (AvgIpc) is 2.87. The number of fused-ring (bicyclic) bond motifs is 1. The maximum Gasteiger partial charge on any atom is 0.254 e. The van der Waals surface area contributed by atoms with Crippen LogP contribution in [-0.2, 0) is 0 Å². The van der Waals surface area contributed by atoms with Gasteiger partial charge in [0.25, 0.3) is 5.78 Å². The van der Waals surface area contributed by atoms with Gasteiger partial charge >= 0.3 is 0 Å². The highest BCUT2D eigenvalue weighted by molar-refractivity contribution is 5.47. The molecular formula is C14H22N6O. The Morgan fingerprint density at radius 2 is 2.24 bits per heavy atom. The van der Waals surface area contributed by atoms with E-state index in [1.54, 1.807) is 10.8 Å². The molecule has 1 aliphatic heterocycles. The van der Waals surface area contributed by atoms with Gasteiger partial charge in [0, 0.05) is 44.0 Å². The molecule has 1 saturated heterocycles. The first kappa shape index (κ1) is 14.2. The minimum atomic E-state index is -0.288. The Labute approximate surface area is 124 Å². The molecule has 2 atom stereocenters. The van der Waals surface area contributed by atoms with E-state index in [1.165, 1.54) is 0 Å². The minimum absolute atomic E-state index is 0.288. The van der Waals surface area contributed by atoms with Gasteiger partial charge in [-0.2, -0.15) is 14.6 Å². The van der Waals surface area contributed by atoms with Crippen LogP contribution in [0.2, 0.25) is 0 Å². The second-order valence-corrected chi connectivity index (χ2v) is 5.87. The minimum Gasteiger partial charge on any atom is -0.392 e. The molecule has 7 heteroatoms. The number of rotatable bonds is 3. The highest BCUT2D eigenvalue weighted by Crippen LogP contribution is 2.20. The first-order valence-electron chi connectivity index (χ1n) is 7.39. The highest BCUT2D eigenvalue weighted by atomic mass is 16.3. The van der Waals surface area contributed by atoms with E-state index >= 15 is 0 Å². The van der Waals surface area contributed by atoms with Gasteiger partial charge in [-0.15, -0.1) is 0 Å². The molecule has 0 bridgehead atoms. The van der Waals surface area contributed by atoms with Crippen molar-refractivity contribution in [1.29, 1.82) is 0 Å². The van der Waals surface area contributed by atoms with Crippen molar-refractivity contribution in [3.8, 4) is 0 Å². The molecule has 2 aromatic heterocycles. The van der Waals surface area contributed by atoms with Crippen LogP contribution in [0.1, 0.15) is 19.5 Å². The van der Waals surface area contributed by atoms with Crippen LogP contribution in [0.4, 0.5) is 5.82 Å². The maximum atomic E-state index is 9.57. The van der Waals surface area contributed by atoms with E-state index in [2.05, 4.69) is 37.9 Å². The number of nitrogens with zero attached hydrogens (tertiary/aromatic N) is 6. The van der Waals surface area contributed by atoms with Crippen LogP contribution in [0, 0.1) is 6.92 Å². The first-order chi connectivity index (χ1) is 10.0. The number of anilines is 1. The smallest absolute Gasteiger partial charge is 0.254 e. The summed E-state index contributed by atoms with van der Waals surface area (Å²) in [4.78, 5) is 13.2. The Morgan fingerprint density at radius 1 is 1.43 bits per heavy atom. The summed E-state index contributed by atoms with van der Waals surface area (Å²) in [6.45, 7) is 9.49. The molecule has 7 nitrogen and oxygen atoms in total. The van der Waals surface area contributed by atoms with Gasteiger partial charge in [0.15, 0.2) is 0 Å². The van der Waals surface area contributed by atoms with E-state index < -0.39 is 0 Å². The summed E-state index contributed by atoms with van der Waals surface area (Å²) < 4.78 is 1.80. The van der Waals surface area contributed by atoms with Crippen LogP contribution in [0.25, 0.3) is 5.78 Å². The molecule has 1 aliphatic rings. The lowest BCUT2D eigenvalue weighted by Crippen LogP contribution is -2.54. The van der Waals surface area contributed by atoms with Crippen molar-refractivity contribution in [3.05, 3.63) is 18.1 Å². The molecule has 21 heavy (non-hydrogen) atoms. The number of aryl methyl sites for hydroxylation is 1. The monoisotopic (exact) mass is 290 g/mol. The SMILES string of the molecule is Cc1cc(N2CCN(CC(C)O)C(C)C2)n2ncnc2n1. The van der Waals surface area contributed by atoms with Crippen molar-refractivity contribution in [3.63, 3.8) is 0 Å². The molecule has 0 radical (unpaired) electrons. The number of aromatic nitrogens is 4. The first-order valence-corrected chi connectivity index (χ1v) is 7.39. The Hall–Kier alpha value is -1.73. The molecule has 2 unspecified atom stereocenters. The molecule has 1 fully saturated rings. The molecular weight excluding hydrogens is 268 g/mol. The van der Waals surface area contributed by atoms with Gasteiger partial charge in [0.2, 0.25) is 0 Å². The number of piperazine rings is 1. The Balaban J connectivity index is 1.83. The van der Waals surface area contributed by atoms with Crippen LogP contribution >= 0.6 is 0 Å². The van der Waals surface area contributed by atoms with E-state index in [0.29, 0.717) is 11.8 Å². The van der Waals surface area contributed by atoms with Crippen LogP contribution < -0.4 is 4.90 Å². The average molecular weight is 290 g/mol. The summed E-state index contributed by atoms with van der Waals surface area (Å²) >= 11 is 0. The van der Waals surface area contributed by atoms with Gasteiger partial charge in [0.05, 0.1) is 6.10 Å². The fourth-order valence-electron chi connectivity index (χ4n) is 2.95. The third-order valence-corrected chi connectivity index (χ3v) is 3.95. The molecule has 0 spiro atoms. The lowest BCUT2D eigenvalue weighted by atomic mass is 10.1. The molecule has 3 heterocycles. The van der Waals surface area contributed by atoms with Gasteiger partial charge in [-0.1, -0.05) is 0 Å². The van der Waals surface area contributed by atoms with Crippen LogP contribution in [0.3, 0.4) is 0 Å². The van der Waals surface area contributed by atoms with Crippen molar-refractivity contribution in [2.45, 2.75) is 32.9 Å². The number of aliphatic hydroxyl groups is 1. The zero-order valence-electron chi connectivity index (χ0n) is 12.8. The lowest BCUT2D eigenvalue weighted by molar-refractivity contribution is 0.0958. The van der Waals surface area contributed by atoms with E-state index in [0.717, 1.165) is 37.7 Å². The second kappa shape index (κ2) is 5.57. The second-order valence-electron chi connectivity index (χ2n) is 5.87. The summed E-state index contributed by atoms with van der Waals surface area (Å²) in [6.07, 6.45) is 1.25. The van der Waals surface area contributed by atoms with Crippen LogP contribution in [0.15, 0.2) is 12.4 Å². The fourth-order valence-corrected chi connectivity index (χ4v) is 2.95. The van der Waals surface area contributed by atoms with Gasteiger partial charge in [0.1, 0.15) is 12.1 Å². The summed E-state index contributed by atoms with van der Waals surface area (Å²) in [5.74, 6) is 1.68. The maximum absolute atomic E-state index is 9.57. The van der Waals surface area contributed by atoms with E-state index in [4.69, 9.17) is 0 Å². The molecule has 114 valence electrons. The lowest BCUT2D eigenvalue weighted by Gasteiger charge is -2.41. The Kier molecular flexibility index (Phi) is 3.77. The molecule has 2 aromatic rings. The topological polar surface area (TPSA) is 69.8 Å². The van der Waals surface area contributed by atoms with E-state index in [-0.39, 0.29) is 6.10 Å². The third kappa shape index (κ3) is 2.84. The van der Waals surface area contributed by atoms with Crippen LogP contribution in [0.5, 0.6) is 0 Å². The zero-order valence-corrected chi connectivity index (χ0v) is 12.8. The largest absolute Gasteiger partial charge is 0.392 e. The summed E-state index contributed by atoms with van der Waals surface area (Å²) in [7, 11) is 0. The molecule has 3 rings (SSSR count).